The highest BCUT2D eigenvalue weighted by Gasteiger charge is 2.02. The SMILES string of the molecule is O=c1ccccc2n[c]c3ccccc3c12. The van der Waals surface area contributed by atoms with Crippen LogP contribution in [0.4, 0.5) is 0 Å². The molecule has 0 amide bonds. The number of hydrogen-bond acceptors (Lipinski definition) is 2. The summed E-state index contributed by atoms with van der Waals surface area (Å²) in [7, 11) is 0. The first kappa shape index (κ1) is 9.04. The fourth-order valence-electron chi connectivity index (χ4n) is 1.87. The van der Waals surface area contributed by atoms with Gasteiger partial charge in [0.25, 0.3) is 0 Å². The maximum atomic E-state index is 11.9. The Bertz CT molecular complexity index is 734. The van der Waals surface area contributed by atoms with Crippen LogP contribution in [-0.2, 0) is 0 Å². The first-order valence-corrected chi connectivity index (χ1v) is 5.06. The highest BCUT2D eigenvalue weighted by molar-refractivity contribution is 6.04. The molecule has 2 aromatic carbocycles. The Hall–Kier alpha value is -2.22. The van der Waals surface area contributed by atoms with Crippen LogP contribution in [0.1, 0.15) is 0 Å². The molecule has 3 rings (SSSR count). The normalized spacial score (nSPS) is 10.8. The number of rotatable bonds is 0. The van der Waals surface area contributed by atoms with E-state index < -0.39 is 0 Å². The number of benzene rings is 1. The van der Waals surface area contributed by atoms with Crippen molar-refractivity contribution in [2.75, 3.05) is 0 Å². The van der Waals surface area contributed by atoms with Gasteiger partial charge >= 0.3 is 0 Å². The quantitative estimate of drug-likeness (QED) is 0.565. The van der Waals surface area contributed by atoms with Crippen LogP contribution in [0.3, 0.4) is 0 Å². The Labute approximate surface area is 92.2 Å². The number of fused-ring (bicyclic) bond motifs is 3. The number of pyridine rings is 1. The lowest BCUT2D eigenvalue weighted by Gasteiger charge is -1.98. The lowest BCUT2D eigenvalue weighted by Crippen LogP contribution is -1.96. The molecule has 1 aromatic heterocycles. The van der Waals surface area contributed by atoms with E-state index in [0.717, 1.165) is 10.8 Å². The van der Waals surface area contributed by atoms with Gasteiger partial charge in [0, 0.05) is 5.39 Å². The van der Waals surface area contributed by atoms with Crippen LogP contribution in [0.2, 0.25) is 0 Å². The molecule has 0 aliphatic carbocycles. The fourth-order valence-corrected chi connectivity index (χ4v) is 1.87. The van der Waals surface area contributed by atoms with Gasteiger partial charge in [0.15, 0.2) is 5.43 Å². The molecule has 0 aliphatic rings. The Balaban J connectivity index is 2.71. The molecule has 1 heterocycles. The van der Waals surface area contributed by atoms with Gasteiger partial charge in [-0.3, -0.25) is 4.79 Å². The van der Waals surface area contributed by atoms with Crippen LogP contribution in [0.25, 0.3) is 21.7 Å². The predicted molar refractivity (Wildman–Crippen MR) is 64.4 cm³/mol. The van der Waals surface area contributed by atoms with Gasteiger partial charge in [-0.15, -0.1) is 0 Å². The van der Waals surface area contributed by atoms with E-state index >= 15 is 0 Å². The summed E-state index contributed by atoms with van der Waals surface area (Å²) in [6.45, 7) is 0. The molecular formula is C14H8NO. The molecule has 75 valence electrons. The third-order valence-corrected chi connectivity index (χ3v) is 2.61. The van der Waals surface area contributed by atoms with E-state index in [1.807, 2.05) is 36.4 Å². The molecule has 0 unspecified atom stereocenters. The second kappa shape index (κ2) is 3.42. The third-order valence-electron chi connectivity index (χ3n) is 2.61. The lowest BCUT2D eigenvalue weighted by atomic mass is 10.1. The Morgan fingerprint density at radius 3 is 2.62 bits per heavy atom. The van der Waals surface area contributed by atoms with Crippen molar-refractivity contribution in [2.45, 2.75) is 0 Å². The molecule has 0 saturated heterocycles. The largest absolute Gasteiger partial charge is 0.289 e. The van der Waals surface area contributed by atoms with Crippen LogP contribution in [0.15, 0.2) is 53.3 Å². The molecule has 3 aromatic rings. The number of nitrogens with zero attached hydrogens (tertiary/aromatic N) is 1. The minimum atomic E-state index is -0.00213. The van der Waals surface area contributed by atoms with E-state index in [0.29, 0.717) is 10.9 Å². The molecule has 16 heavy (non-hydrogen) atoms. The number of aromatic nitrogens is 1. The monoisotopic (exact) mass is 206 g/mol. The van der Waals surface area contributed by atoms with Crippen molar-refractivity contribution < 1.29 is 0 Å². The maximum Gasteiger partial charge on any atom is 0.188 e. The van der Waals surface area contributed by atoms with Gasteiger partial charge < -0.3 is 0 Å². The van der Waals surface area contributed by atoms with Crippen molar-refractivity contribution in [1.29, 1.82) is 0 Å². The topological polar surface area (TPSA) is 30.0 Å². The zero-order valence-corrected chi connectivity index (χ0v) is 8.47. The number of hydrogen-bond donors (Lipinski definition) is 0. The van der Waals surface area contributed by atoms with Crippen molar-refractivity contribution in [2.24, 2.45) is 0 Å². The van der Waals surface area contributed by atoms with Gasteiger partial charge in [-0.25, -0.2) is 4.98 Å². The Morgan fingerprint density at radius 2 is 1.69 bits per heavy atom. The van der Waals surface area contributed by atoms with Gasteiger partial charge in [0.05, 0.1) is 17.1 Å². The summed E-state index contributed by atoms with van der Waals surface area (Å²) in [5.41, 5.74) is 0.686. The maximum absolute atomic E-state index is 11.9. The Morgan fingerprint density at radius 1 is 0.938 bits per heavy atom. The van der Waals surface area contributed by atoms with Crippen molar-refractivity contribution in [3.8, 4) is 0 Å². The minimum absolute atomic E-state index is 0.00213. The van der Waals surface area contributed by atoms with Crippen LogP contribution in [0.5, 0.6) is 0 Å². The van der Waals surface area contributed by atoms with E-state index in [2.05, 4.69) is 11.2 Å². The van der Waals surface area contributed by atoms with Gasteiger partial charge in [-0.05, 0) is 17.5 Å². The van der Waals surface area contributed by atoms with Crippen LogP contribution in [0, 0.1) is 6.20 Å². The van der Waals surface area contributed by atoms with Gasteiger partial charge in [-0.1, -0.05) is 36.4 Å². The molecule has 0 bridgehead atoms. The average Bonchev–Trinajstić information content (AvgIpc) is 2.51. The molecule has 0 spiro atoms. The minimum Gasteiger partial charge on any atom is -0.289 e. The van der Waals surface area contributed by atoms with Crippen LogP contribution in [-0.4, -0.2) is 4.98 Å². The highest BCUT2D eigenvalue weighted by Crippen LogP contribution is 2.18. The summed E-state index contributed by atoms with van der Waals surface area (Å²) in [4.78, 5) is 16.1. The molecule has 1 radical (unpaired) electrons. The Kier molecular flexibility index (Phi) is 1.93. The first-order chi connectivity index (χ1) is 7.86. The second-order valence-electron chi connectivity index (χ2n) is 3.61. The zero-order chi connectivity index (χ0) is 11.0. The third kappa shape index (κ3) is 1.27. The van der Waals surface area contributed by atoms with E-state index in [9.17, 15) is 4.79 Å². The molecule has 0 fully saturated rings. The molecule has 0 N–H and O–H groups in total. The zero-order valence-electron chi connectivity index (χ0n) is 8.47. The van der Waals surface area contributed by atoms with Gasteiger partial charge in [0.2, 0.25) is 0 Å². The summed E-state index contributed by atoms with van der Waals surface area (Å²) in [6, 6.07) is 14.6. The fraction of sp³-hybridized carbons (Fsp3) is 0. The summed E-state index contributed by atoms with van der Waals surface area (Å²) < 4.78 is 0. The van der Waals surface area contributed by atoms with Crippen LogP contribution >= 0.6 is 0 Å². The summed E-state index contributed by atoms with van der Waals surface area (Å²) in [5.74, 6) is 0. The predicted octanol–water partition coefficient (Wildman–Crippen LogP) is 2.55. The van der Waals surface area contributed by atoms with Crippen LogP contribution < -0.4 is 5.43 Å². The van der Waals surface area contributed by atoms with Gasteiger partial charge in [-0.2, -0.15) is 0 Å². The second-order valence-corrected chi connectivity index (χ2v) is 3.61. The molecular weight excluding hydrogens is 198 g/mol. The average molecular weight is 206 g/mol. The van der Waals surface area contributed by atoms with Crippen molar-refractivity contribution in [1.82, 2.24) is 4.98 Å². The first-order valence-electron chi connectivity index (χ1n) is 5.06. The lowest BCUT2D eigenvalue weighted by molar-refractivity contribution is 1.43. The molecule has 2 nitrogen and oxygen atoms in total. The standard InChI is InChI=1S/C14H8NO/c16-13-8-4-3-7-12-14(13)11-6-2-1-5-10(11)9-15-12/h1-8H. The van der Waals surface area contributed by atoms with Crippen molar-refractivity contribution in [3.05, 3.63) is 65.0 Å². The van der Waals surface area contributed by atoms with Crippen molar-refractivity contribution in [3.63, 3.8) is 0 Å². The molecule has 0 aliphatic heterocycles. The van der Waals surface area contributed by atoms with E-state index in [1.165, 1.54) is 0 Å². The summed E-state index contributed by atoms with van der Waals surface area (Å²) >= 11 is 0. The van der Waals surface area contributed by atoms with E-state index in [4.69, 9.17) is 0 Å². The van der Waals surface area contributed by atoms with Crippen molar-refractivity contribution >= 4 is 21.7 Å². The molecule has 2 heteroatoms. The highest BCUT2D eigenvalue weighted by atomic mass is 16.1. The molecule has 0 atom stereocenters. The smallest absolute Gasteiger partial charge is 0.188 e. The summed E-state index contributed by atoms with van der Waals surface area (Å²) in [6.07, 6.45) is 2.95. The molecule has 0 saturated carbocycles. The summed E-state index contributed by atoms with van der Waals surface area (Å²) in [5, 5.41) is 2.45. The van der Waals surface area contributed by atoms with E-state index in [1.54, 1.807) is 12.1 Å². The van der Waals surface area contributed by atoms with E-state index in [-0.39, 0.29) is 5.43 Å². The van der Waals surface area contributed by atoms with Gasteiger partial charge in [0.1, 0.15) is 0 Å².